The van der Waals surface area contributed by atoms with Crippen LogP contribution in [0.15, 0.2) is 83.2 Å². The number of nitrogens with zero attached hydrogens (tertiary/aromatic N) is 4. The van der Waals surface area contributed by atoms with Gasteiger partial charge in [-0.15, -0.1) is 0 Å². The average Bonchev–Trinajstić information content (AvgIpc) is 3.51. The third-order valence-corrected chi connectivity index (χ3v) is 9.05. The summed E-state index contributed by atoms with van der Waals surface area (Å²) in [6.07, 6.45) is 14.7. The van der Waals surface area contributed by atoms with Gasteiger partial charge >= 0.3 is 6.09 Å². The van der Waals surface area contributed by atoms with Gasteiger partial charge in [0.05, 0.1) is 17.1 Å². The Morgan fingerprint density at radius 1 is 1.25 bits per heavy atom. The zero-order valence-corrected chi connectivity index (χ0v) is 27.5. The van der Waals surface area contributed by atoms with E-state index in [4.69, 9.17) is 9.47 Å². The van der Waals surface area contributed by atoms with Gasteiger partial charge < -0.3 is 29.2 Å². The monoisotopic (exact) mass is 651 g/mol. The van der Waals surface area contributed by atoms with Crippen LogP contribution in [0.2, 0.25) is 0 Å². The van der Waals surface area contributed by atoms with Gasteiger partial charge in [-0.05, 0) is 57.9 Å². The number of allylic oxidation sites excluding steroid dienone is 7. The fourth-order valence-corrected chi connectivity index (χ4v) is 6.75. The Kier molecular flexibility index (Phi) is 7.93. The number of fused-ring (bicyclic) bond motifs is 3. The Morgan fingerprint density at radius 2 is 2.08 bits per heavy atom. The second-order valence-corrected chi connectivity index (χ2v) is 13.6. The fraction of sp³-hybridized carbons (Fsp3) is 0.351. The van der Waals surface area contributed by atoms with Crippen LogP contribution >= 0.6 is 0 Å². The number of hydrogen-bond acceptors (Lipinski definition) is 7. The normalized spacial score (nSPS) is 19.4. The minimum absolute atomic E-state index is 0.0532. The highest BCUT2D eigenvalue weighted by atomic mass is 19.1. The van der Waals surface area contributed by atoms with Crippen LogP contribution in [0.5, 0.6) is 5.75 Å². The Hall–Kier alpha value is -5.19. The molecule has 0 radical (unpaired) electrons. The molecule has 7 rings (SSSR count). The zero-order chi connectivity index (χ0) is 33.7. The van der Waals surface area contributed by atoms with Crippen molar-refractivity contribution < 1.29 is 23.5 Å². The lowest BCUT2D eigenvalue weighted by Gasteiger charge is -2.34. The maximum Gasteiger partial charge on any atom is 0.407 e. The van der Waals surface area contributed by atoms with Crippen LogP contribution in [0.4, 0.5) is 14.9 Å². The third kappa shape index (κ3) is 5.78. The van der Waals surface area contributed by atoms with E-state index in [1.807, 2.05) is 41.3 Å². The maximum atomic E-state index is 16.4. The molecule has 10 nitrogen and oxygen atoms in total. The van der Waals surface area contributed by atoms with E-state index in [1.54, 1.807) is 44.8 Å². The first kappa shape index (κ1) is 31.4. The van der Waals surface area contributed by atoms with Gasteiger partial charge in [-0.2, -0.15) is 0 Å². The quantitative estimate of drug-likeness (QED) is 0.371. The number of carbonyl (C=O) groups excluding carboxylic acids is 2. The third-order valence-electron chi connectivity index (χ3n) is 9.05. The van der Waals surface area contributed by atoms with E-state index in [2.05, 4.69) is 22.5 Å². The molecular weight excluding hydrogens is 613 g/mol. The van der Waals surface area contributed by atoms with Crippen LogP contribution in [0.3, 0.4) is 0 Å². The zero-order valence-electron chi connectivity index (χ0n) is 27.5. The number of nitrogens with one attached hydrogen (secondary N) is 1. The first-order valence-corrected chi connectivity index (χ1v) is 16.3. The summed E-state index contributed by atoms with van der Waals surface area (Å²) in [5.41, 5.74) is 1.75. The van der Waals surface area contributed by atoms with Crippen molar-refractivity contribution in [3.05, 3.63) is 106 Å². The molecule has 1 unspecified atom stereocenters. The molecule has 0 saturated carbocycles. The molecule has 2 aromatic heterocycles. The molecular formula is C37H38FN5O5. The van der Waals surface area contributed by atoms with Crippen molar-refractivity contribution in [2.75, 3.05) is 31.6 Å². The van der Waals surface area contributed by atoms with Crippen molar-refractivity contribution in [3.63, 3.8) is 0 Å². The second kappa shape index (κ2) is 12.1. The Labute approximate surface area is 277 Å². The Morgan fingerprint density at radius 3 is 2.85 bits per heavy atom. The summed E-state index contributed by atoms with van der Waals surface area (Å²) in [6.45, 7) is 6.50. The van der Waals surface area contributed by atoms with Gasteiger partial charge in [0.15, 0.2) is 17.3 Å². The van der Waals surface area contributed by atoms with E-state index in [9.17, 15) is 14.4 Å². The van der Waals surface area contributed by atoms with Crippen molar-refractivity contribution in [2.45, 2.75) is 51.7 Å². The molecule has 1 aromatic carbocycles. The number of hydrogen-bond donors (Lipinski definition) is 1. The molecule has 4 aliphatic rings. The molecule has 248 valence electrons. The van der Waals surface area contributed by atoms with Crippen LogP contribution in [0.1, 0.15) is 49.7 Å². The van der Waals surface area contributed by atoms with Crippen LogP contribution in [0, 0.1) is 11.7 Å². The predicted octanol–water partition coefficient (Wildman–Crippen LogP) is 5.59. The lowest BCUT2D eigenvalue weighted by molar-refractivity contribution is 0.0508. The molecule has 0 bridgehead atoms. The van der Waals surface area contributed by atoms with Crippen molar-refractivity contribution in [1.29, 1.82) is 0 Å². The molecule has 0 spiro atoms. The first-order valence-electron chi connectivity index (χ1n) is 16.3. The lowest BCUT2D eigenvalue weighted by Crippen LogP contribution is -2.40. The molecule has 4 heterocycles. The van der Waals surface area contributed by atoms with Gasteiger partial charge in [-0.3, -0.25) is 14.6 Å². The number of halogens is 1. The van der Waals surface area contributed by atoms with Gasteiger partial charge in [0, 0.05) is 62.7 Å². The highest BCUT2D eigenvalue weighted by Crippen LogP contribution is 2.48. The van der Waals surface area contributed by atoms with Gasteiger partial charge in [0.2, 0.25) is 5.43 Å². The van der Waals surface area contributed by atoms with Crippen LogP contribution in [-0.2, 0) is 11.2 Å². The number of benzene rings is 1. The Balaban J connectivity index is 1.30. The van der Waals surface area contributed by atoms with Crippen LogP contribution in [0.25, 0.3) is 16.6 Å². The van der Waals surface area contributed by atoms with Crippen LogP contribution < -0.4 is 20.4 Å². The second-order valence-electron chi connectivity index (χ2n) is 13.6. The molecule has 2 amide bonds. The van der Waals surface area contributed by atoms with Gasteiger partial charge in [-0.25, -0.2) is 9.18 Å². The molecule has 2 atom stereocenters. The Bertz CT molecular complexity index is 2010. The number of ether oxygens (including phenoxy) is 2. The lowest BCUT2D eigenvalue weighted by atomic mass is 9.85. The highest BCUT2D eigenvalue weighted by molar-refractivity contribution is 6.02. The SMILES string of the molecule is CN(CCc1ccccn1)C(=O)c1cn2c3c(c(N4CC[C@@H](NC(=O)OC(C)(C)C)C4)c(F)cc3c1=O)OC1=C2C=CC2CC=CC=C12. The van der Waals surface area contributed by atoms with Crippen molar-refractivity contribution in [1.82, 2.24) is 19.8 Å². The van der Waals surface area contributed by atoms with Gasteiger partial charge in [0.1, 0.15) is 22.4 Å². The highest BCUT2D eigenvalue weighted by Gasteiger charge is 2.37. The van der Waals surface area contributed by atoms with E-state index < -0.39 is 28.8 Å². The van der Waals surface area contributed by atoms with Gasteiger partial charge in [-0.1, -0.05) is 30.4 Å². The van der Waals surface area contributed by atoms with E-state index >= 15 is 4.39 Å². The maximum absolute atomic E-state index is 16.4. The topological polar surface area (TPSA) is 106 Å². The minimum Gasteiger partial charge on any atom is -0.450 e. The molecule has 1 N–H and O–H groups in total. The van der Waals surface area contributed by atoms with E-state index in [1.165, 1.54) is 11.0 Å². The number of anilines is 1. The molecule has 48 heavy (non-hydrogen) atoms. The molecule has 2 aliphatic carbocycles. The number of likely N-dealkylation sites (N-methyl/N-ethyl adjacent to an activating group) is 1. The minimum atomic E-state index is -0.649. The fourth-order valence-electron chi connectivity index (χ4n) is 6.75. The van der Waals surface area contributed by atoms with Crippen molar-refractivity contribution in [2.24, 2.45) is 5.92 Å². The molecule has 3 aromatic rings. The summed E-state index contributed by atoms with van der Waals surface area (Å²) >= 11 is 0. The van der Waals surface area contributed by atoms with Crippen LogP contribution in [-0.4, -0.2) is 64.8 Å². The molecule has 11 heteroatoms. The van der Waals surface area contributed by atoms with Crippen molar-refractivity contribution >= 4 is 34.3 Å². The summed E-state index contributed by atoms with van der Waals surface area (Å²) in [5.74, 6) is -0.257. The van der Waals surface area contributed by atoms with Crippen molar-refractivity contribution in [3.8, 4) is 5.75 Å². The van der Waals surface area contributed by atoms with E-state index in [0.717, 1.165) is 17.7 Å². The number of pyridine rings is 2. The van der Waals surface area contributed by atoms with Gasteiger partial charge in [0.25, 0.3) is 5.91 Å². The molecule has 2 aliphatic heterocycles. The summed E-state index contributed by atoms with van der Waals surface area (Å²) in [4.78, 5) is 48.0. The predicted molar refractivity (Wildman–Crippen MR) is 181 cm³/mol. The smallest absolute Gasteiger partial charge is 0.407 e. The summed E-state index contributed by atoms with van der Waals surface area (Å²) in [6, 6.07) is 6.53. The number of aromatic nitrogens is 2. The average molecular weight is 652 g/mol. The summed E-state index contributed by atoms with van der Waals surface area (Å²) in [5, 5.41) is 2.95. The van der Waals surface area contributed by atoms with E-state index in [-0.39, 0.29) is 34.3 Å². The number of alkyl carbamates (subject to hydrolysis) is 1. The number of rotatable bonds is 6. The number of amides is 2. The largest absolute Gasteiger partial charge is 0.450 e. The molecule has 1 saturated heterocycles. The summed E-state index contributed by atoms with van der Waals surface area (Å²) in [7, 11) is 1.65. The number of carbonyl (C=O) groups is 2. The standard InChI is InChI=1S/C37H38FN5O5/c1-37(2,3)48-36(46)40-24-15-18-42(20-24)31-28(38)19-26-30-34(31)47-33-25-11-6-5-9-22(25)12-13-29(33)43(30)21-27(32(26)44)35(45)41(4)17-14-23-10-7-8-16-39-23/h5-8,10-13,16,19,21-22,24H,9,14-15,17-18,20H2,1-4H3,(H,40,46)/t22?,24-/m1/s1. The first-order chi connectivity index (χ1) is 23.0. The summed E-state index contributed by atoms with van der Waals surface area (Å²) < 4.78 is 30.3. The van der Waals surface area contributed by atoms with E-state index in [0.29, 0.717) is 49.4 Å². The molecule has 1 fully saturated rings.